The Morgan fingerprint density at radius 1 is 1.00 bits per heavy atom. The van der Waals surface area contributed by atoms with Crippen molar-refractivity contribution in [3.63, 3.8) is 0 Å². The quantitative estimate of drug-likeness (QED) is 0.870. The van der Waals surface area contributed by atoms with Gasteiger partial charge in [0.05, 0.1) is 26.9 Å². The molecule has 1 saturated carbocycles. The van der Waals surface area contributed by atoms with Crippen LogP contribution in [0.25, 0.3) is 0 Å². The fourth-order valence-corrected chi connectivity index (χ4v) is 3.63. The van der Waals surface area contributed by atoms with Crippen LogP contribution in [0.1, 0.15) is 44.2 Å². The normalized spacial score (nSPS) is 18.3. The van der Waals surface area contributed by atoms with Crippen LogP contribution in [-0.2, 0) is 0 Å². The summed E-state index contributed by atoms with van der Waals surface area (Å²) in [7, 11) is 7.06. The summed E-state index contributed by atoms with van der Waals surface area (Å²) in [5.41, 5.74) is 1.32. The van der Waals surface area contributed by atoms with E-state index >= 15 is 0 Å². The van der Waals surface area contributed by atoms with Crippen molar-refractivity contribution < 1.29 is 14.2 Å². The minimum absolute atomic E-state index is 0.204. The van der Waals surface area contributed by atoms with E-state index in [-0.39, 0.29) is 11.5 Å². The lowest BCUT2D eigenvalue weighted by atomic mass is 9.76. The maximum Gasteiger partial charge on any atom is 0.131 e. The van der Waals surface area contributed by atoms with Crippen molar-refractivity contribution >= 4 is 0 Å². The van der Waals surface area contributed by atoms with Crippen LogP contribution in [0, 0.1) is 5.41 Å². The molecule has 1 unspecified atom stereocenters. The van der Waals surface area contributed by atoms with Gasteiger partial charge in [0, 0.05) is 18.2 Å². The lowest BCUT2D eigenvalue weighted by molar-refractivity contribution is 0.222. The lowest BCUT2D eigenvalue weighted by Gasteiger charge is -2.36. The second-order valence-electron chi connectivity index (χ2n) is 6.03. The van der Waals surface area contributed by atoms with Gasteiger partial charge in [-0.2, -0.15) is 0 Å². The van der Waals surface area contributed by atoms with Crippen LogP contribution in [-0.4, -0.2) is 28.4 Å². The zero-order chi connectivity index (χ0) is 15.5. The van der Waals surface area contributed by atoms with Crippen LogP contribution in [0.4, 0.5) is 0 Å². The largest absolute Gasteiger partial charge is 0.496 e. The summed E-state index contributed by atoms with van der Waals surface area (Å²) in [6.07, 6.45) is 5.01. The summed E-state index contributed by atoms with van der Waals surface area (Å²) in [6.45, 7) is 2.35. The predicted octanol–water partition coefficient (Wildman–Crippen LogP) is 3.55. The van der Waals surface area contributed by atoms with Gasteiger partial charge in [0.1, 0.15) is 17.2 Å². The second kappa shape index (κ2) is 6.56. The van der Waals surface area contributed by atoms with Crippen LogP contribution < -0.4 is 19.5 Å². The van der Waals surface area contributed by atoms with E-state index in [9.17, 15) is 0 Å². The van der Waals surface area contributed by atoms with Gasteiger partial charge in [0.15, 0.2) is 0 Å². The summed E-state index contributed by atoms with van der Waals surface area (Å²) in [4.78, 5) is 0. The van der Waals surface area contributed by atoms with Crippen LogP contribution in [0.2, 0.25) is 0 Å². The van der Waals surface area contributed by atoms with Gasteiger partial charge in [-0.15, -0.1) is 0 Å². The zero-order valence-electron chi connectivity index (χ0n) is 13.8. The van der Waals surface area contributed by atoms with Gasteiger partial charge in [-0.1, -0.05) is 19.8 Å². The van der Waals surface area contributed by atoms with Crippen molar-refractivity contribution in [1.29, 1.82) is 0 Å². The molecule has 0 heterocycles. The van der Waals surface area contributed by atoms with Crippen molar-refractivity contribution in [2.45, 2.75) is 38.6 Å². The predicted molar refractivity (Wildman–Crippen MR) is 84.5 cm³/mol. The number of rotatable bonds is 6. The molecule has 1 fully saturated rings. The van der Waals surface area contributed by atoms with Gasteiger partial charge < -0.3 is 19.5 Å². The molecule has 1 atom stereocenters. The van der Waals surface area contributed by atoms with Crippen molar-refractivity contribution in [1.82, 2.24) is 5.32 Å². The Morgan fingerprint density at radius 2 is 1.52 bits per heavy atom. The van der Waals surface area contributed by atoms with Gasteiger partial charge in [0.2, 0.25) is 0 Å². The Bertz CT molecular complexity index is 456. The van der Waals surface area contributed by atoms with E-state index in [0.717, 1.165) is 22.8 Å². The van der Waals surface area contributed by atoms with Crippen LogP contribution in [0.15, 0.2) is 12.1 Å². The van der Waals surface area contributed by atoms with Gasteiger partial charge in [-0.05, 0) is 25.3 Å². The van der Waals surface area contributed by atoms with Crippen molar-refractivity contribution in [3.05, 3.63) is 17.7 Å². The van der Waals surface area contributed by atoms with Crippen molar-refractivity contribution in [3.8, 4) is 17.2 Å². The Kier molecular flexibility index (Phi) is 4.99. The third kappa shape index (κ3) is 2.95. The first-order chi connectivity index (χ1) is 10.1. The molecule has 0 bridgehead atoms. The third-order valence-corrected chi connectivity index (χ3v) is 4.77. The number of methoxy groups -OCH3 is 3. The van der Waals surface area contributed by atoms with E-state index in [1.165, 1.54) is 25.7 Å². The molecule has 0 spiro atoms. The minimum Gasteiger partial charge on any atom is -0.496 e. The Balaban J connectivity index is 2.53. The van der Waals surface area contributed by atoms with Crippen LogP contribution in [0.5, 0.6) is 17.2 Å². The summed E-state index contributed by atoms with van der Waals surface area (Å²) >= 11 is 0. The first-order valence-corrected chi connectivity index (χ1v) is 7.56. The molecule has 118 valence electrons. The molecule has 1 aliphatic carbocycles. The minimum atomic E-state index is 0.204. The molecule has 1 N–H and O–H groups in total. The first kappa shape index (κ1) is 16.0. The van der Waals surface area contributed by atoms with Crippen LogP contribution >= 0.6 is 0 Å². The molecule has 0 amide bonds. The number of benzene rings is 1. The number of hydrogen-bond donors (Lipinski definition) is 1. The molecule has 0 saturated heterocycles. The average molecular weight is 293 g/mol. The summed E-state index contributed by atoms with van der Waals surface area (Å²) in [5.74, 6) is 2.39. The van der Waals surface area contributed by atoms with E-state index in [1.807, 2.05) is 19.2 Å². The Labute approximate surface area is 127 Å². The van der Waals surface area contributed by atoms with E-state index in [2.05, 4.69) is 12.2 Å². The first-order valence-electron chi connectivity index (χ1n) is 7.56. The molecule has 0 aromatic heterocycles. The maximum atomic E-state index is 5.62. The molecule has 1 aromatic rings. The molecule has 0 radical (unpaired) electrons. The molecule has 4 heteroatoms. The fraction of sp³-hybridized carbons (Fsp3) is 0.647. The molecule has 2 rings (SSSR count). The fourth-order valence-electron chi connectivity index (χ4n) is 3.63. The highest BCUT2D eigenvalue weighted by Gasteiger charge is 2.40. The van der Waals surface area contributed by atoms with Gasteiger partial charge in [-0.25, -0.2) is 0 Å². The second-order valence-corrected chi connectivity index (χ2v) is 6.03. The van der Waals surface area contributed by atoms with Gasteiger partial charge >= 0.3 is 0 Å². The molecule has 1 aliphatic rings. The average Bonchev–Trinajstić information content (AvgIpc) is 2.95. The van der Waals surface area contributed by atoms with Gasteiger partial charge in [0.25, 0.3) is 0 Å². The smallest absolute Gasteiger partial charge is 0.131 e. The SMILES string of the molecule is CNC(c1c(OC)cc(OC)cc1OC)C1(C)CCCC1. The number of nitrogens with one attached hydrogen (secondary N) is 1. The summed E-state index contributed by atoms with van der Waals surface area (Å²) < 4.78 is 16.6. The third-order valence-electron chi connectivity index (χ3n) is 4.77. The van der Waals surface area contributed by atoms with E-state index in [1.54, 1.807) is 21.3 Å². The highest BCUT2D eigenvalue weighted by atomic mass is 16.5. The van der Waals surface area contributed by atoms with Crippen molar-refractivity contribution in [2.24, 2.45) is 5.41 Å². The summed E-state index contributed by atoms with van der Waals surface area (Å²) in [5, 5.41) is 3.49. The molecular weight excluding hydrogens is 266 g/mol. The van der Waals surface area contributed by atoms with Crippen LogP contribution in [0.3, 0.4) is 0 Å². The Hall–Kier alpha value is -1.42. The molecular formula is C17H27NO3. The molecule has 1 aromatic carbocycles. The monoisotopic (exact) mass is 293 g/mol. The van der Waals surface area contributed by atoms with E-state index in [4.69, 9.17) is 14.2 Å². The highest BCUT2D eigenvalue weighted by molar-refractivity contribution is 5.53. The lowest BCUT2D eigenvalue weighted by Crippen LogP contribution is -2.33. The van der Waals surface area contributed by atoms with Gasteiger partial charge in [-0.3, -0.25) is 0 Å². The standard InChI is InChI=1S/C17H27NO3/c1-17(8-6-7-9-17)16(18-2)15-13(20-4)10-12(19-3)11-14(15)21-5/h10-11,16,18H,6-9H2,1-5H3. The highest BCUT2D eigenvalue weighted by Crippen LogP contribution is 2.51. The van der Waals surface area contributed by atoms with E-state index < -0.39 is 0 Å². The van der Waals surface area contributed by atoms with Crippen molar-refractivity contribution in [2.75, 3.05) is 28.4 Å². The number of ether oxygens (including phenoxy) is 3. The summed E-state index contributed by atoms with van der Waals surface area (Å²) in [6, 6.07) is 4.07. The molecule has 0 aliphatic heterocycles. The molecule has 21 heavy (non-hydrogen) atoms. The Morgan fingerprint density at radius 3 is 1.90 bits per heavy atom. The zero-order valence-corrected chi connectivity index (χ0v) is 13.8. The topological polar surface area (TPSA) is 39.7 Å². The molecule has 4 nitrogen and oxygen atoms in total. The maximum absolute atomic E-state index is 5.62. The number of hydrogen-bond acceptors (Lipinski definition) is 4. The van der Waals surface area contributed by atoms with E-state index in [0.29, 0.717) is 0 Å².